The maximum atomic E-state index is 13.7. The van der Waals surface area contributed by atoms with Gasteiger partial charge in [0.05, 0.1) is 53.8 Å². The standard InChI is InChI=1S/C27H28O7/c1-29-19-9-10-23(24(15-19)33-5)27(28)26-18(13-22(32-4)16-25(26)34-6)8-7-17-11-20(30-2)14-21(12-17)31-3/h7-16H,1-6H3/b8-7+. The predicted molar refractivity (Wildman–Crippen MR) is 131 cm³/mol. The Morgan fingerprint density at radius 3 is 1.71 bits per heavy atom. The van der Waals surface area contributed by atoms with Crippen LogP contribution >= 0.6 is 0 Å². The van der Waals surface area contributed by atoms with Crippen molar-refractivity contribution in [2.45, 2.75) is 0 Å². The third-order valence-corrected chi connectivity index (χ3v) is 5.27. The molecule has 0 atom stereocenters. The molecule has 0 amide bonds. The second-order valence-electron chi connectivity index (χ2n) is 7.17. The summed E-state index contributed by atoms with van der Waals surface area (Å²) in [4.78, 5) is 13.7. The van der Waals surface area contributed by atoms with Crippen molar-refractivity contribution in [3.05, 3.63) is 70.8 Å². The first-order valence-corrected chi connectivity index (χ1v) is 10.4. The van der Waals surface area contributed by atoms with Crippen LogP contribution in [0.3, 0.4) is 0 Å². The molecule has 0 radical (unpaired) electrons. The summed E-state index contributed by atoms with van der Waals surface area (Å²) in [6.07, 6.45) is 3.68. The molecule has 0 aliphatic rings. The largest absolute Gasteiger partial charge is 0.497 e. The molecule has 3 aromatic carbocycles. The quantitative estimate of drug-likeness (QED) is 0.304. The number of ketones is 1. The Hall–Kier alpha value is -4.13. The molecule has 0 unspecified atom stereocenters. The molecule has 0 spiro atoms. The van der Waals surface area contributed by atoms with Crippen molar-refractivity contribution in [2.24, 2.45) is 0 Å². The zero-order chi connectivity index (χ0) is 24.7. The van der Waals surface area contributed by atoms with Gasteiger partial charge in [-0.3, -0.25) is 4.79 Å². The van der Waals surface area contributed by atoms with E-state index in [0.717, 1.165) is 5.56 Å². The van der Waals surface area contributed by atoms with Crippen LogP contribution in [-0.4, -0.2) is 48.4 Å². The molecular weight excluding hydrogens is 436 g/mol. The van der Waals surface area contributed by atoms with E-state index in [0.29, 0.717) is 51.2 Å². The summed E-state index contributed by atoms with van der Waals surface area (Å²) in [6, 6.07) is 14.0. The van der Waals surface area contributed by atoms with Crippen molar-refractivity contribution in [3.63, 3.8) is 0 Å². The zero-order valence-corrected chi connectivity index (χ0v) is 20.1. The zero-order valence-electron chi connectivity index (χ0n) is 20.1. The maximum absolute atomic E-state index is 13.7. The summed E-state index contributed by atoms with van der Waals surface area (Å²) in [7, 11) is 9.32. The van der Waals surface area contributed by atoms with Crippen LogP contribution < -0.4 is 28.4 Å². The van der Waals surface area contributed by atoms with Crippen LogP contribution in [0.4, 0.5) is 0 Å². The number of hydrogen-bond acceptors (Lipinski definition) is 7. The molecule has 3 rings (SSSR count). The van der Waals surface area contributed by atoms with E-state index >= 15 is 0 Å². The summed E-state index contributed by atoms with van der Waals surface area (Å²) < 4.78 is 32.4. The third kappa shape index (κ3) is 5.26. The maximum Gasteiger partial charge on any atom is 0.201 e. The van der Waals surface area contributed by atoms with E-state index in [-0.39, 0.29) is 5.78 Å². The number of methoxy groups -OCH3 is 6. The van der Waals surface area contributed by atoms with E-state index in [1.165, 1.54) is 14.2 Å². The molecule has 0 N–H and O–H groups in total. The number of benzene rings is 3. The van der Waals surface area contributed by atoms with Gasteiger partial charge in [0.1, 0.15) is 34.5 Å². The van der Waals surface area contributed by atoms with Gasteiger partial charge in [0.2, 0.25) is 5.78 Å². The molecule has 3 aromatic rings. The Morgan fingerprint density at radius 2 is 1.15 bits per heavy atom. The molecule has 0 fully saturated rings. The molecule has 0 saturated heterocycles. The Kier molecular flexibility index (Phi) is 8.03. The minimum atomic E-state index is -0.262. The lowest BCUT2D eigenvalue weighted by atomic mass is 9.95. The lowest BCUT2D eigenvalue weighted by Gasteiger charge is -2.15. The first-order chi connectivity index (χ1) is 16.5. The number of rotatable bonds is 10. The molecule has 0 saturated carbocycles. The minimum absolute atomic E-state index is 0.262. The van der Waals surface area contributed by atoms with Crippen molar-refractivity contribution in [3.8, 4) is 34.5 Å². The van der Waals surface area contributed by atoms with Gasteiger partial charge < -0.3 is 28.4 Å². The van der Waals surface area contributed by atoms with Gasteiger partial charge in [-0.15, -0.1) is 0 Å². The van der Waals surface area contributed by atoms with Crippen LogP contribution in [0.5, 0.6) is 34.5 Å². The summed E-state index contributed by atoms with van der Waals surface area (Å²) in [5.74, 6) is 2.96. The van der Waals surface area contributed by atoms with Crippen molar-refractivity contribution >= 4 is 17.9 Å². The summed E-state index contributed by atoms with van der Waals surface area (Å²) in [5, 5.41) is 0. The van der Waals surface area contributed by atoms with Gasteiger partial charge in [0, 0.05) is 18.2 Å². The predicted octanol–water partition coefficient (Wildman–Crippen LogP) is 5.14. The molecule has 0 aliphatic carbocycles. The van der Waals surface area contributed by atoms with Crippen LogP contribution in [0.25, 0.3) is 12.2 Å². The lowest BCUT2D eigenvalue weighted by Crippen LogP contribution is -2.09. The van der Waals surface area contributed by atoms with Gasteiger partial charge >= 0.3 is 0 Å². The normalized spacial score (nSPS) is 10.6. The van der Waals surface area contributed by atoms with Gasteiger partial charge in [-0.2, -0.15) is 0 Å². The van der Waals surface area contributed by atoms with Gasteiger partial charge in [-0.05, 0) is 41.5 Å². The van der Waals surface area contributed by atoms with Crippen molar-refractivity contribution in [1.29, 1.82) is 0 Å². The topological polar surface area (TPSA) is 72.5 Å². The highest BCUT2D eigenvalue weighted by Gasteiger charge is 2.23. The Labute approximate surface area is 199 Å². The van der Waals surface area contributed by atoms with E-state index in [2.05, 4.69) is 0 Å². The molecule has 7 nitrogen and oxygen atoms in total. The first kappa shape index (κ1) is 24.5. The van der Waals surface area contributed by atoms with Gasteiger partial charge in [0.25, 0.3) is 0 Å². The highest BCUT2D eigenvalue weighted by atomic mass is 16.5. The number of carbonyl (C=O) groups excluding carboxylic acids is 1. The van der Waals surface area contributed by atoms with Crippen LogP contribution in [0.1, 0.15) is 27.0 Å². The van der Waals surface area contributed by atoms with E-state index in [4.69, 9.17) is 28.4 Å². The summed E-state index contributed by atoms with van der Waals surface area (Å²) in [6.45, 7) is 0. The highest BCUT2D eigenvalue weighted by Crippen LogP contribution is 2.35. The smallest absolute Gasteiger partial charge is 0.201 e. The fraction of sp³-hybridized carbons (Fsp3) is 0.222. The van der Waals surface area contributed by atoms with E-state index in [9.17, 15) is 4.79 Å². The van der Waals surface area contributed by atoms with Gasteiger partial charge in [0.15, 0.2) is 0 Å². The molecule has 178 valence electrons. The number of carbonyl (C=O) groups is 1. The molecule has 0 aliphatic heterocycles. The molecule has 0 bridgehead atoms. The van der Waals surface area contributed by atoms with Crippen molar-refractivity contribution < 1.29 is 33.2 Å². The fourth-order valence-electron chi connectivity index (χ4n) is 3.50. The number of ether oxygens (including phenoxy) is 6. The van der Waals surface area contributed by atoms with Crippen LogP contribution in [0.15, 0.2) is 48.5 Å². The first-order valence-electron chi connectivity index (χ1n) is 10.4. The number of hydrogen-bond donors (Lipinski definition) is 0. The third-order valence-electron chi connectivity index (χ3n) is 5.27. The summed E-state index contributed by atoms with van der Waals surface area (Å²) in [5.41, 5.74) is 2.20. The fourth-order valence-corrected chi connectivity index (χ4v) is 3.50. The molecule has 7 heteroatoms. The highest BCUT2D eigenvalue weighted by molar-refractivity contribution is 6.14. The van der Waals surface area contributed by atoms with Crippen LogP contribution in [-0.2, 0) is 0 Å². The van der Waals surface area contributed by atoms with Crippen LogP contribution in [0, 0.1) is 0 Å². The molecule has 34 heavy (non-hydrogen) atoms. The minimum Gasteiger partial charge on any atom is -0.497 e. The second-order valence-corrected chi connectivity index (χ2v) is 7.17. The van der Waals surface area contributed by atoms with E-state index in [1.807, 2.05) is 24.3 Å². The summed E-state index contributed by atoms with van der Waals surface area (Å²) >= 11 is 0. The van der Waals surface area contributed by atoms with E-state index in [1.54, 1.807) is 64.8 Å². The molecule has 0 heterocycles. The lowest BCUT2D eigenvalue weighted by molar-refractivity contribution is 0.103. The molecule has 0 aromatic heterocycles. The van der Waals surface area contributed by atoms with Crippen molar-refractivity contribution in [1.82, 2.24) is 0 Å². The van der Waals surface area contributed by atoms with Gasteiger partial charge in [-0.25, -0.2) is 0 Å². The average molecular weight is 465 g/mol. The second kappa shape index (κ2) is 11.1. The Balaban J connectivity index is 2.15. The monoisotopic (exact) mass is 464 g/mol. The average Bonchev–Trinajstić information content (AvgIpc) is 2.89. The van der Waals surface area contributed by atoms with Gasteiger partial charge in [-0.1, -0.05) is 12.2 Å². The van der Waals surface area contributed by atoms with Crippen LogP contribution in [0.2, 0.25) is 0 Å². The SMILES string of the molecule is COc1cc(/C=C/c2cc(OC)cc(OC)c2C(=O)c2ccc(OC)cc2OC)cc(OC)c1. The Bertz CT molecular complexity index is 1180. The molecular formula is C27H28O7. The Morgan fingerprint density at radius 1 is 0.588 bits per heavy atom. The van der Waals surface area contributed by atoms with Crippen molar-refractivity contribution in [2.75, 3.05) is 42.7 Å². The van der Waals surface area contributed by atoms with E-state index < -0.39 is 0 Å².